The minimum Gasteiger partial charge on any atom is -0.494 e. The Labute approximate surface area is 222 Å². The Balaban J connectivity index is 1.62. The molecule has 0 saturated carbocycles. The average molecular weight is 546 g/mol. The molecule has 1 aromatic heterocycles. The lowest BCUT2D eigenvalue weighted by molar-refractivity contribution is 0.0996. The topological polar surface area (TPSA) is 90.2 Å². The van der Waals surface area contributed by atoms with Crippen molar-refractivity contribution in [2.75, 3.05) is 32.9 Å². The summed E-state index contributed by atoms with van der Waals surface area (Å²) < 4.78 is 42.0. The molecule has 3 aromatic rings. The van der Waals surface area contributed by atoms with Gasteiger partial charge >= 0.3 is 0 Å². The molecule has 1 fully saturated rings. The standard InChI is InChI=1S/C27H35N3O5S2/c1-5-34-14-13-30-24-12-9-22(35-6-2)16-25(24)36-27(30)28-26(31)21-7-10-23(11-8-21)37(32,33)29-17-19(3)15-20(4)18-29/h7-12,16,19-20H,5-6,13-15,17-18H2,1-4H3. The van der Waals surface area contributed by atoms with Crippen LogP contribution in [0.25, 0.3) is 10.2 Å². The molecule has 0 N–H and O–H groups in total. The van der Waals surface area contributed by atoms with Crippen LogP contribution < -0.4 is 9.54 Å². The van der Waals surface area contributed by atoms with Gasteiger partial charge in [-0.3, -0.25) is 4.79 Å². The number of hydrogen-bond acceptors (Lipinski definition) is 6. The highest BCUT2D eigenvalue weighted by Gasteiger charge is 2.31. The Kier molecular flexibility index (Phi) is 8.84. The monoisotopic (exact) mass is 545 g/mol. The SMILES string of the molecule is CCOCCn1c(=NC(=O)c2ccc(S(=O)(=O)N3CC(C)CC(C)C3)cc2)sc2cc(OCC)ccc21. The number of rotatable bonds is 9. The lowest BCUT2D eigenvalue weighted by atomic mass is 9.94. The Hall–Kier alpha value is -2.53. The molecule has 2 unspecified atom stereocenters. The third-order valence-corrected chi connectivity index (χ3v) is 9.29. The molecule has 1 saturated heterocycles. The summed E-state index contributed by atoms with van der Waals surface area (Å²) in [6.07, 6.45) is 1.02. The van der Waals surface area contributed by atoms with E-state index in [4.69, 9.17) is 9.47 Å². The third kappa shape index (κ3) is 6.31. The highest BCUT2D eigenvalue weighted by Crippen LogP contribution is 2.27. The van der Waals surface area contributed by atoms with Crippen LogP contribution in [0.1, 0.15) is 44.5 Å². The van der Waals surface area contributed by atoms with Crippen LogP contribution in [0.15, 0.2) is 52.4 Å². The number of hydrogen-bond donors (Lipinski definition) is 0. The maximum atomic E-state index is 13.2. The quantitative estimate of drug-likeness (QED) is 0.368. The number of thiazole rings is 1. The Morgan fingerprint density at radius 1 is 1.05 bits per heavy atom. The molecule has 0 aliphatic carbocycles. The first kappa shape index (κ1) is 27.5. The number of fused-ring (bicyclic) bond motifs is 1. The van der Waals surface area contributed by atoms with Crippen molar-refractivity contribution in [3.8, 4) is 5.75 Å². The van der Waals surface area contributed by atoms with Crippen LogP contribution in [0.2, 0.25) is 0 Å². The molecule has 4 rings (SSSR count). The molecule has 2 atom stereocenters. The average Bonchev–Trinajstić information content (AvgIpc) is 3.20. The Bertz CT molecular complexity index is 1400. The van der Waals surface area contributed by atoms with Crippen molar-refractivity contribution in [3.63, 3.8) is 0 Å². The minimum absolute atomic E-state index is 0.197. The van der Waals surface area contributed by atoms with Gasteiger partial charge in [0.2, 0.25) is 10.0 Å². The van der Waals surface area contributed by atoms with Crippen LogP contribution in [-0.2, 0) is 21.3 Å². The van der Waals surface area contributed by atoms with E-state index in [0.717, 1.165) is 22.4 Å². The fourth-order valence-electron chi connectivity index (χ4n) is 4.78. The lowest BCUT2D eigenvalue weighted by Gasteiger charge is -2.34. The number of aromatic nitrogens is 1. The van der Waals surface area contributed by atoms with E-state index >= 15 is 0 Å². The molecule has 1 aliphatic heterocycles. The molecule has 2 heterocycles. The van der Waals surface area contributed by atoms with E-state index in [1.165, 1.54) is 23.5 Å². The third-order valence-electron chi connectivity index (χ3n) is 6.40. The molecule has 2 aromatic carbocycles. The minimum atomic E-state index is -3.61. The van der Waals surface area contributed by atoms with Crippen LogP contribution in [0.4, 0.5) is 0 Å². The molecule has 0 bridgehead atoms. The zero-order valence-corrected chi connectivity index (χ0v) is 23.5. The maximum Gasteiger partial charge on any atom is 0.279 e. The number of ether oxygens (including phenoxy) is 2. The van der Waals surface area contributed by atoms with Crippen molar-refractivity contribution in [2.45, 2.75) is 45.6 Å². The van der Waals surface area contributed by atoms with Gasteiger partial charge in [-0.15, -0.1) is 0 Å². The van der Waals surface area contributed by atoms with Gasteiger partial charge in [0.25, 0.3) is 5.91 Å². The maximum absolute atomic E-state index is 13.2. The summed E-state index contributed by atoms with van der Waals surface area (Å²) in [4.78, 5) is 18.3. The van der Waals surface area contributed by atoms with E-state index in [1.54, 1.807) is 16.4 Å². The van der Waals surface area contributed by atoms with Crippen molar-refractivity contribution in [1.82, 2.24) is 8.87 Å². The van der Waals surface area contributed by atoms with E-state index in [9.17, 15) is 13.2 Å². The van der Waals surface area contributed by atoms with Crippen LogP contribution in [0.5, 0.6) is 5.75 Å². The van der Waals surface area contributed by atoms with Gasteiger partial charge < -0.3 is 14.0 Å². The zero-order chi connectivity index (χ0) is 26.6. The Morgan fingerprint density at radius 2 is 1.76 bits per heavy atom. The molecule has 200 valence electrons. The second-order valence-electron chi connectivity index (χ2n) is 9.51. The van der Waals surface area contributed by atoms with E-state index in [2.05, 4.69) is 18.8 Å². The first-order chi connectivity index (χ1) is 17.7. The summed E-state index contributed by atoms with van der Waals surface area (Å²) in [6, 6.07) is 11.9. The predicted molar refractivity (Wildman–Crippen MR) is 146 cm³/mol. The summed E-state index contributed by atoms with van der Waals surface area (Å²) in [5.74, 6) is 0.975. The number of benzene rings is 2. The molecule has 0 radical (unpaired) electrons. The highest BCUT2D eigenvalue weighted by molar-refractivity contribution is 7.89. The summed E-state index contributed by atoms with van der Waals surface area (Å²) in [5.41, 5.74) is 1.29. The van der Waals surface area contributed by atoms with Crippen LogP contribution in [0.3, 0.4) is 0 Å². The van der Waals surface area contributed by atoms with Crippen molar-refractivity contribution < 1.29 is 22.7 Å². The van der Waals surface area contributed by atoms with Crippen LogP contribution in [0, 0.1) is 11.8 Å². The van der Waals surface area contributed by atoms with Gasteiger partial charge in [-0.25, -0.2) is 8.42 Å². The van der Waals surface area contributed by atoms with Crippen LogP contribution in [-0.4, -0.2) is 56.1 Å². The van der Waals surface area contributed by atoms with E-state index in [0.29, 0.717) is 61.7 Å². The van der Waals surface area contributed by atoms with Crippen molar-refractivity contribution in [3.05, 3.63) is 52.8 Å². The second-order valence-corrected chi connectivity index (χ2v) is 12.5. The number of sulfonamides is 1. The first-order valence-electron chi connectivity index (χ1n) is 12.8. The number of nitrogens with zero attached hydrogens (tertiary/aromatic N) is 3. The normalized spacial score (nSPS) is 19.4. The summed E-state index contributed by atoms with van der Waals surface area (Å²) in [7, 11) is -3.61. The summed E-state index contributed by atoms with van der Waals surface area (Å²) >= 11 is 1.41. The number of carbonyl (C=O) groups is 1. The van der Waals surface area contributed by atoms with Gasteiger partial charge in [-0.1, -0.05) is 25.2 Å². The van der Waals surface area contributed by atoms with Crippen molar-refractivity contribution in [1.29, 1.82) is 0 Å². The highest BCUT2D eigenvalue weighted by atomic mass is 32.2. The largest absolute Gasteiger partial charge is 0.494 e. The van der Waals surface area contributed by atoms with E-state index in [-0.39, 0.29) is 4.90 Å². The molecule has 8 nitrogen and oxygen atoms in total. The second kappa shape index (κ2) is 11.9. The van der Waals surface area contributed by atoms with E-state index < -0.39 is 15.9 Å². The summed E-state index contributed by atoms with van der Waals surface area (Å²) in [6.45, 7) is 11.3. The van der Waals surface area contributed by atoms with Gasteiger partial charge in [-0.05, 0) is 74.6 Å². The van der Waals surface area contributed by atoms with Gasteiger partial charge in [0, 0.05) is 31.8 Å². The number of carbonyl (C=O) groups excluding carboxylic acids is 1. The van der Waals surface area contributed by atoms with Crippen molar-refractivity contribution in [2.24, 2.45) is 16.8 Å². The van der Waals surface area contributed by atoms with Gasteiger partial charge in [0.15, 0.2) is 4.80 Å². The molecule has 37 heavy (non-hydrogen) atoms. The molecule has 10 heteroatoms. The smallest absolute Gasteiger partial charge is 0.279 e. The number of amides is 1. The zero-order valence-electron chi connectivity index (χ0n) is 21.8. The van der Waals surface area contributed by atoms with Gasteiger partial charge in [0.1, 0.15) is 5.75 Å². The molecule has 0 spiro atoms. The lowest BCUT2D eigenvalue weighted by Crippen LogP contribution is -2.42. The fraction of sp³-hybridized carbons (Fsp3) is 0.481. The Morgan fingerprint density at radius 3 is 2.41 bits per heavy atom. The summed E-state index contributed by atoms with van der Waals surface area (Å²) in [5, 5.41) is 0. The first-order valence-corrected chi connectivity index (χ1v) is 15.0. The molecule has 1 aliphatic rings. The number of piperidine rings is 1. The molecular weight excluding hydrogens is 510 g/mol. The van der Waals surface area contributed by atoms with Crippen LogP contribution >= 0.6 is 11.3 Å². The fourth-order valence-corrected chi connectivity index (χ4v) is 7.55. The van der Waals surface area contributed by atoms with Crippen molar-refractivity contribution >= 4 is 37.5 Å². The van der Waals surface area contributed by atoms with E-state index in [1.807, 2.05) is 36.6 Å². The molecule has 1 amide bonds. The predicted octanol–water partition coefficient (Wildman–Crippen LogP) is 4.55. The van der Waals surface area contributed by atoms with Gasteiger partial charge in [0.05, 0.1) is 28.3 Å². The van der Waals surface area contributed by atoms with Gasteiger partial charge in [-0.2, -0.15) is 9.30 Å². The molecular formula is C27H35N3O5S2.